The van der Waals surface area contributed by atoms with Gasteiger partial charge in [0.25, 0.3) is 0 Å². The number of nitrogens with one attached hydrogen (secondary N) is 1. The monoisotopic (exact) mass is 321 g/mol. The van der Waals surface area contributed by atoms with Gasteiger partial charge in [0.15, 0.2) is 0 Å². The van der Waals surface area contributed by atoms with Crippen LogP contribution in [0.3, 0.4) is 0 Å². The van der Waals surface area contributed by atoms with Crippen LogP contribution >= 0.6 is 0 Å². The standard InChI is InChI=1S/C22H27NO/c1-17(19-8-4-2-5-9-19)23-22(24)16-18-12-14-21(15-13-18)20-10-6-3-7-11-20/h3,6-7,10-15,17,19H,2,4-5,8-9,16H2,1H3,(H,23,24)/t17-/m1/s1. The van der Waals surface area contributed by atoms with Gasteiger partial charge in [0.1, 0.15) is 0 Å². The van der Waals surface area contributed by atoms with Crippen LogP contribution in [0.1, 0.15) is 44.6 Å². The molecule has 1 saturated carbocycles. The Balaban J connectivity index is 1.54. The van der Waals surface area contributed by atoms with Crippen molar-refractivity contribution < 1.29 is 4.79 Å². The molecule has 126 valence electrons. The number of amides is 1. The molecule has 0 aromatic heterocycles. The van der Waals surface area contributed by atoms with Gasteiger partial charge in [-0.05, 0) is 42.4 Å². The Labute approximate surface area is 145 Å². The third-order valence-electron chi connectivity index (χ3n) is 5.17. The number of hydrogen-bond acceptors (Lipinski definition) is 1. The molecule has 0 saturated heterocycles. The van der Waals surface area contributed by atoms with E-state index >= 15 is 0 Å². The predicted octanol–water partition coefficient (Wildman–Crippen LogP) is 4.98. The van der Waals surface area contributed by atoms with E-state index in [0.717, 1.165) is 5.56 Å². The molecule has 1 fully saturated rings. The average molecular weight is 321 g/mol. The molecule has 2 aromatic rings. The van der Waals surface area contributed by atoms with E-state index in [1.165, 1.54) is 43.2 Å². The first-order valence-corrected chi connectivity index (χ1v) is 9.16. The fourth-order valence-electron chi connectivity index (χ4n) is 3.69. The van der Waals surface area contributed by atoms with Gasteiger partial charge in [-0.2, -0.15) is 0 Å². The highest BCUT2D eigenvalue weighted by Crippen LogP contribution is 2.26. The Bertz CT molecular complexity index is 641. The molecule has 0 spiro atoms. The van der Waals surface area contributed by atoms with Crippen molar-refractivity contribution in [1.29, 1.82) is 0 Å². The number of hydrogen-bond donors (Lipinski definition) is 1. The Kier molecular flexibility index (Phi) is 5.68. The van der Waals surface area contributed by atoms with Crippen molar-refractivity contribution in [1.82, 2.24) is 5.32 Å². The zero-order chi connectivity index (χ0) is 16.8. The van der Waals surface area contributed by atoms with Gasteiger partial charge in [-0.25, -0.2) is 0 Å². The van der Waals surface area contributed by atoms with Crippen LogP contribution in [0.5, 0.6) is 0 Å². The topological polar surface area (TPSA) is 29.1 Å². The lowest BCUT2D eigenvalue weighted by Gasteiger charge is -2.28. The zero-order valence-electron chi connectivity index (χ0n) is 14.5. The van der Waals surface area contributed by atoms with Crippen LogP contribution in [0, 0.1) is 5.92 Å². The van der Waals surface area contributed by atoms with Crippen molar-refractivity contribution in [3.63, 3.8) is 0 Å². The summed E-state index contributed by atoms with van der Waals surface area (Å²) in [5.74, 6) is 0.795. The summed E-state index contributed by atoms with van der Waals surface area (Å²) in [5.41, 5.74) is 3.47. The van der Waals surface area contributed by atoms with Crippen molar-refractivity contribution in [3.05, 3.63) is 60.2 Å². The third-order valence-corrected chi connectivity index (χ3v) is 5.17. The predicted molar refractivity (Wildman–Crippen MR) is 99.8 cm³/mol. The van der Waals surface area contributed by atoms with Gasteiger partial charge in [0.05, 0.1) is 6.42 Å². The average Bonchev–Trinajstić information content (AvgIpc) is 2.64. The number of rotatable bonds is 5. The Morgan fingerprint density at radius 1 is 0.958 bits per heavy atom. The Morgan fingerprint density at radius 2 is 1.58 bits per heavy atom. The number of carbonyl (C=O) groups excluding carboxylic acids is 1. The quantitative estimate of drug-likeness (QED) is 0.826. The summed E-state index contributed by atoms with van der Waals surface area (Å²) < 4.78 is 0. The fraction of sp³-hybridized carbons (Fsp3) is 0.409. The van der Waals surface area contributed by atoms with Gasteiger partial charge in [-0.15, -0.1) is 0 Å². The highest BCUT2D eigenvalue weighted by molar-refractivity contribution is 5.79. The molecule has 0 bridgehead atoms. The summed E-state index contributed by atoms with van der Waals surface area (Å²) in [6.07, 6.45) is 6.95. The molecule has 2 heteroatoms. The first-order valence-electron chi connectivity index (χ1n) is 9.16. The van der Waals surface area contributed by atoms with Crippen molar-refractivity contribution >= 4 is 5.91 Å². The van der Waals surface area contributed by atoms with Gasteiger partial charge in [0, 0.05) is 6.04 Å². The molecule has 0 heterocycles. The largest absolute Gasteiger partial charge is 0.353 e. The molecular formula is C22H27NO. The number of benzene rings is 2. The minimum absolute atomic E-state index is 0.139. The van der Waals surface area contributed by atoms with Crippen LogP contribution in [0.15, 0.2) is 54.6 Å². The lowest BCUT2D eigenvalue weighted by atomic mass is 9.84. The Morgan fingerprint density at radius 3 is 2.25 bits per heavy atom. The van der Waals surface area contributed by atoms with Crippen LogP contribution in [-0.4, -0.2) is 11.9 Å². The molecule has 2 nitrogen and oxygen atoms in total. The van der Waals surface area contributed by atoms with Crippen LogP contribution in [0.25, 0.3) is 11.1 Å². The molecule has 0 aliphatic heterocycles. The van der Waals surface area contributed by atoms with Gasteiger partial charge < -0.3 is 5.32 Å². The molecule has 24 heavy (non-hydrogen) atoms. The van der Waals surface area contributed by atoms with Crippen molar-refractivity contribution in [2.75, 3.05) is 0 Å². The van der Waals surface area contributed by atoms with Crippen LogP contribution < -0.4 is 5.32 Å². The van der Waals surface area contributed by atoms with Gasteiger partial charge in [-0.3, -0.25) is 4.79 Å². The van der Waals surface area contributed by atoms with Crippen molar-refractivity contribution in [2.45, 2.75) is 51.5 Å². The summed E-state index contributed by atoms with van der Waals surface area (Å²) in [7, 11) is 0. The Hall–Kier alpha value is -2.09. The van der Waals surface area contributed by atoms with E-state index in [1.54, 1.807) is 0 Å². The third kappa shape index (κ3) is 4.47. The summed E-state index contributed by atoms with van der Waals surface area (Å²) >= 11 is 0. The molecular weight excluding hydrogens is 294 g/mol. The molecule has 1 atom stereocenters. The highest BCUT2D eigenvalue weighted by Gasteiger charge is 2.21. The molecule has 0 radical (unpaired) electrons. The molecule has 1 aliphatic carbocycles. The van der Waals surface area contributed by atoms with E-state index < -0.39 is 0 Å². The van der Waals surface area contributed by atoms with Crippen LogP contribution in [-0.2, 0) is 11.2 Å². The molecule has 2 aromatic carbocycles. The summed E-state index contributed by atoms with van der Waals surface area (Å²) in [4.78, 5) is 12.3. The second-order valence-electron chi connectivity index (χ2n) is 6.99. The van der Waals surface area contributed by atoms with E-state index in [9.17, 15) is 4.79 Å². The molecule has 1 N–H and O–H groups in total. The van der Waals surface area contributed by atoms with E-state index in [4.69, 9.17) is 0 Å². The van der Waals surface area contributed by atoms with Crippen LogP contribution in [0.2, 0.25) is 0 Å². The maximum atomic E-state index is 12.3. The minimum atomic E-state index is 0.139. The minimum Gasteiger partial charge on any atom is -0.353 e. The van der Waals surface area contributed by atoms with Gasteiger partial charge in [0.2, 0.25) is 5.91 Å². The normalized spacial score (nSPS) is 16.5. The summed E-state index contributed by atoms with van der Waals surface area (Å²) in [5, 5.41) is 3.21. The van der Waals surface area contributed by atoms with E-state index in [2.05, 4.69) is 48.6 Å². The molecule has 3 rings (SSSR count). The van der Waals surface area contributed by atoms with E-state index in [-0.39, 0.29) is 5.91 Å². The lowest BCUT2D eigenvalue weighted by Crippen LogP contribution is -2.39. The summed E-state index contributed by atoms with van der Waals surface area (Å²) in [6.45, 7) is 2.16. The SMILES string of the molecule is C[C@@H](NC(=O)Cc1ccc(-c2ccccc2)cc1)C1CCCCC1. The second-order valence-corrected chi connectivity index (χ2v) is 6.99. The first kappa shape index (κ1) is 16.8. The molecule has 0 unspecified atom stereocenters. The second kappa shape index (κ2) is 8.14. The fourth-order valence-corrected chi connectivity index (χ4v) is 3.69. The zero-order valence-corrected chi connectivity index (χ0v) is 14.5. The van der Waals surface area contributed by atoms with E-state index in [0.29, 0.717) is 18.4 Å². The smallest absolute Gasteiger partial charge is 0.224 e. The van der Waals surface area contributed by atoms with Crippen molar-refractivity contribution in [3.8, 4) is 11.1 Å². The highest BCUT2D eigenvalue weighted by atomic mass is 16.1. The van der Waals surface area contributed by atoms with Crippen molar-refractivity contribution in [2.24, 2.45) is 5.92 Å². The maximum Gasteiger partial charge on any atom is 0.224 e. The lowest BCUT2D eigenvalue weighted by molar-refractivity contribution is -0.121. The summed E-state index contributed by atoms with van der Waals surface area (Å²) in [6, 6.07) is 18.9. The van der Waals surface area contributed by atoms with Gasteiger partial charge >= 0.3 is 0 Å². The molecule has 1 aliphatic rings. The number of carbonyl (C=O) groups is 1. The maximum absolute atomic E-state index is 12.3. The first-order chi connectivity index (χ1) is 11.7. The van der Waals surface area contributed by atoms with Gasteiger partial charge in [-0.1, -0.05) is 73.9 Å². The van der Waals surface area contributed by atoms with E-state index in [1.807, 2.05) is 18.2 Å². The van der Waals surface area contributed by atoms with Crippen LogP contribution in [0.4, 0.5) is 0 Å². The molecule has 1 amide bonds.